The number of pyridine rings is 1. The summed E-state index contributed by atoms with van der Waals surface area (Å²) in [5.41, 5.74) is 0.238. The Kier molecular flexibility index (Phi) is 4.26. The van der Waals surface area contributed by atoms with E-state index in [0.29, 0.717) is 5.52 Å². The van der Waals surface area contributed by atoms with Crippen molar-refractivity contribution in [1.29, 1.82) is 0 Å². The van der Waals surface area contributed by atoms with Gasteiger partial charge in [0.2, 0.25) is 5.95 Å². The largest absolute Gasteiger partial charge is 0.324 e. The molecular weight excluding hydrogens is 364 g/mol. The molecule has 28 heavy (non-hydrogen) atoms. The summed E-state index contributed by atoms with van der Waals surface area (Å²) in [5.74, 6) is -1.22. The van der Waals surface area contributed by atoms with Crippen molar-refractivity contribution >= 4 is 28.2 Å². The summed E-state index contributed by atoms with van der Waals surface area (Å²) >= 11 is 0. The maximum atomic E-state index is 14.4. The first-order chi connectivity index (χ1) is 13.6. The van der Waals surface area contributed by atoms with Crippen LogP contribution in [-0.2, 0) is 0 Å². The lowest BCUT2D eigenvalue weighted by Crippen LogP contribution is -2.23. The smallest absolute Gasteiger partial charge is 0.266 e. The van der Waals surface area contributed by atoms with Crippen molar-refractivity contribution in [3.63, 3.8) is 0 Å². The minimum absolute atomic E-state index is 0.00874. The number of anilines is 2. The molecule has 0 atom stereocenters. The van der Waals surface area contributed by atoms with Gasteiger partial charge in [-0.05, 0) is 24.3 Å². The first kappa shape index (κ1) is 17.3. The highest BCUT2D eigenvalue weighted by molar-refractivity contribution is 5.83. The summed E-state index contributed by atoms with van der Waals surface area (Å²) in [7, 11) is 0. The SMILES string of the molecule is [C-]#[N+]c1ccc2nc(Nc3cncc(F)c3)n(-c3ccccc3F)c(=O)c2c1. The maximum Gasteiger partial charge on any atom is 0.266 e. The Hall–Kier alpha value is -4.12. The third kappa shape index (κ3) is 3.05. The minimum Gasteiger partial charge on any atom is -0.324 e. The van der Waals surface area contributed by atoms with Crippen molar-refractivity contribution in [2.45, 2.75) is 0 Å². The number of para-hydroxylation sites is 1. The number of rotatable bonds is 3. The van der Waals surface area contributed by atoms with Crippen LogP contribution in [0.5, 0.6) is 0 Å². The monoisotopic (exact) mass is 375 g/mol. The molecule has 2 aromatic heterocycles. The summed E-state index contributed by atoms with van der Waals surface area (Å²) in [5, 5.41) is 2.99. The van der Waals surface area contributed by atoms with Gasteiger partial charge in [0.15, 0.2) is 5.69 Å². The number of aromatic nitrogens is 3. The van der Waals surface area contributed by atoms with E-state index < -0.39 is 17.2 Å². The van der Waals surface area contributed by atoms with Crippen LogP contribution in [0.3, 0.4) is 0 Å². The quantitative estimate of drug-likeness (QED) is 0.541. The van der Waals surface area contributed by atoms with Gasteiger partial charge in [0.25, 0.3) is 5.56 Å². The number of hydrogen-bond donors (Lipinski definition) is 1. The van der Waals surface area contributed by atoms with Gasteiger partial charge in [0, 0.05) is 6.07 Å². The zero-order chi connectivity index (χ0) is 19.7. The van der Waals surface area contributed by atoms with Gasteiger partial charge in [0.1, 0.15) is 11.6 Å². The van der Waals surface area contributed by atoms with Crippen LogP contribution in [0, 0.1) is 18.2 Å². The van der Waals surface area contributed by atoms with E-state index in [0.717, 1.165) is 10.8 Å². The highest BCUT2D eigenvalue weighted by Crippen LogP contribution is 2.24. The molecule has 4 rings (SSSR count). The number of nitrogens with one attached hydrogen (secondary N) is 1. The van der Waals surface area contributed by atoms with Gasteiger partial charge in [-0.3, -0.25) is 9.78 Å². The maximum absolute atomic E-state index is 14.4. The standard InChI is InChI=1S/C20H11F2N5O/c1-23-13-6-7-17-15(9-13)19(28)27(18-5-3-2-4-16(18)22)20(26-17)25-14-8-12(21)10-24-11-14/h2-11H,(H,25,26). The Morgan fingerprint density at radius 2 is 1.89 bits per heavy atom. The molecule has 4 aromatic rings. The third-order valence-corrected chi connectivity index (χ3v) is 4.04. The average molecular weight is 375 g/mol. The molecular formula is C20H11F2N5O. The van der Waals surface area contributed by atoms with Crippen LogP contribution < -0.4 is 10.9 Å². The molecule has 2 aromatic carbocycles. The summed E-state index contributed by atoms with van der Waals surface area (Å²) in [4.78, 5) is 24.6. The molecule has 0 bridgehead atoms. The van der Waals surface area contributed by atoms with Crippen LogP contribution in [-0.4, -0.2) is 14.5 Å². The molecule has 136 valence electrons. The van der Waals surface area contributed by atoms with Crippen LogP contribution >= 0.6 is 0 Å². The van der Waals surface area contributed by atoms with Gasteiger partial charge >= 0.3 is 0 Å². The molecule has 0 aliphatic carbocycles. The highest BCUT2D eigenvalue weighted by atomic mass is 19.1. The van der Waals surface area contributed by atoms with Crippen LogP contribution in [0.1, 0.15) is 0 Å². The predicted octanol–water partition coefficient (Wildman–Crippen LogP) is 4.35. The van der Waals surface area contributed by atoms with Crippen molar-refractivity contribution in [2.75, 3.05) is 5.32 Å². The fourth-order valence-corrected chi connectivity index (χ4v) is 2.79. The molecule has 0 aliphatic heterocycles. The summed E-state index contributed by atoms with van der Waals surface area (Å²) in [6.45, 7) is 7.13. The Morgan fingerprint density at radius 1 is 1.07 bits per heavy atom. The van der Waals surface area contributed by atoms with E-state index in [1.807, 2.05) is 0 Å². The molecule has 2 heterocycles. The third-order valence-electron chi connectivity index (χ3n) is 4.04. The molecule has 8 heteroatoms. The molecule has 0 fully saturated rings. The topological polar surface area (TPSA) is 64.2 Å². The van der Waals surface area contributed by atoms with Crippen LogP contribution in [0.4, 0.5) is 26.1 Å². The predicted molar refractivity (Wildman–Crippen MR) is 101 cm³/mol. The van der Waals surface area contributed by atoms with Gasteiger partial charge in [-0.1, -0.05) is 18.2 Å². The van der Waals surface area contributed by atoms with Crippen LogP contribution in [0.25, 0.3) is 21.4 Å². The van der Waals surface area contributed by atoms with E-state index in [1.165, 1.54) is 48.7 Å². The Labute approximate surface area is 157 Å². The summed E-state index contributed by atoms with van der Waals surface area (Å²) in [6, 6.07) is 11.4. The van der Waals surface area contributed by atoms with Gasteiger partial charge in [-0.2, -0.15) is 0 Å². The molecule has 0 saturated heterocycles. The second-order valence-electron chi connectivity index (χ2n) is 5.86. The van der Waals surface area contributed by atoms with Gasteiger partial charge in [-0.15, -0.1) is 0 Å². The van der Waals surface area contributed by atoms with Crippen LogP contribution in [0.2, 0.25) is 0 Å². The molecule has 0 unspecified atom stereocenters. The molecule has 6 nitrogen and oxygen atoms in total. The zero-order valence-electron chi connectivity index (χ0n) is 14.2. The number of fused-ring (bicyclic) bond motifs is 1. The number of nitrogens with zero attached hydrogens (tertiary/aromatic N) is 4. The van der Waals surface area contributed by atoms with Gasteiger partial charge < -0.3 is 5.32 Å². The lowest BCUT2D eigenvalue weighted by atomic mass is 10.2. The van der Waals surface area contributed by atoms with E-state index in [4.69, 9.17) is 6.57 Å². The fraction of sp³-hybridized carbons (Fsp3) is 0. The van der Waals surface area contributed by atoms with E-state index in [1.54, 1.807) is 6.07 Å². The van der Waals surface area contributed by atoms with Crippen molar-refractivity contribution in [3.05, 3.63) is 94.3 Å². The first-order valence-corrected chi connectivity index (χ1v) is 8.13. The van der Waals surface area contributed by atoms with Gasteiger partial charge in [-0.25, -0.2) is 23.2 Å². The first-order valence-electron chi connectivity index (χ1n) is 8.13. The Balaban J connectivity index is 2.02. The molecule has 1 N–H and O–H groups in total. The number of benzene rings is 2. The van der Waals surface area contributed by atoms with Crippen molar-refractivity contribution < 1.29 is 8.78 Å². The molecule has 0 aliphatic rings. The van der Waals surface area contributed by atoms with E-state index in [-0.39, 0.29) is 28.4 Å². The number of hydrogen-bond acceptors (Lipinski definition) is 4. The molecule has 0 saturated carbocycles. The molecule has 0 radical (unpaired) electrons. The second-order valence-corrected chi connectivity index (χ2v) is 5.86. The minimum atomic E-state index is -0.632. The van der Waals surface area contributed by atoms with Crippen molar-refractivity contribution in [2.24, 2.45) is 0 Å². The Morgan fingerprint density at radius 3 is 2.64 bits per heavy atom. The summed E-state index contributed by atoms with van der Waals surface area (Å²) in [6.07, 6.45) is 2.39. The average Bonchev–Trinajstić information content (AvgIpc) is 2.69. The van der Waals surface area contributed by atoms with Gasteiger partial charge in [0.05, 0.1) is 41.2 Å². The lowest BCUT2D eigenvalue weighted by Gasteiger charge is -2.15. The normalized spacial score (nSPS) is 10.6. The number of halogens is 2. The molecule has 0 spiro atoms. The Bertz CT molecular complexity index is 1310. The van der Waals surface area contributed by atoms with E-state index in [2.05, 4.69) is 20.1 Å². The van der Waals surface area contributed by atoms with E-state index in [9.17, 15) is 13.6 Å². The highest BCUT2D eigenvalue weighted by Gasteiger charge is 2.16. The van der Waals surface area contributed by atoms with Crippen LogP contribution in [0.15, 0.2) is 65.7 Å². The summed E-state index contributed by atoms with van der Waals surface area (Å²) < 4.78 is 29.0. The zero-order valence-corrected chi connectivity index (χ0v) is 14.2. The fourth-order valence-electron chi connectivity index (χ4n) is 2.79. The van der Waals surface area contributed by atoms with Crippen molar-refractivity contribution in [1.82, 2.24) is 14.5 Å². The molecule has 0 amide bonds. The van der Waals surface area contributed by atoms with E-state index >= 15 is 0 Å². The second kappa shape index (κ2) is 6.89. The van der Waals surface area contributed by atoms with Crippen molar-refractivity contribution in [3.8, 4) is 5.69 Å². The lowest BCUT2D eigenvalue weighted by molar-refractivity contribution is 0.616.